The fraction of sp³-hybridized carbons (Fsp3) is 0. The minimum Gasteiger partial charge on any atom is -0.414 e. The molecule has 0 radical (unpaired) electrons. The average molecular weight is 628 g/mol. The molecule has 9 rings (SSSR count). The SMILES string of the molecule is F[B-]1(F)N2C(=Nc3ccc4cc(-c5ccccc5)ccc4[n+]31)N(c1cccc(N(c3ccccc3)c3ccccc3)c1)c1ccccc12. The molecular weight excluding hydrogens is 599 g/mol. The van der Waals surface area contributed by atoms with Crippen LogP contribution in [0.5, 0.6) is 0 Å². The first kappa shape index (κ1) is 28.0. The molecule has 0 bridgehead atoms. The molecule has 0 saturated heterocycles. The number of hydrogen-bond acceptors (Lipinski definition) is 4. The van der Waals surface area contributed by atoms with Gasteiger partial charge in [0.05, 0.1) is 16.9 Å². The lowest BCUT2D eigenvalue weighted by Gasteiger charge is -2.37. The molecule has 0 fully saturated rings. The van der Waals surface area contributed by atoms with E-state index in [0.29, 0.717) is 16.9 Å². The van der Waals surface area contributed by atoms with Gasteiger partial charge >= 0.3 is 6.97 Å². The zero-order chi connectivity index (χ0) is 32.2. The van der Waals surface area contributed by atoms with Crippen LogP contribution in [-0.4, -0.2) is 12.9 Å². The number of hydrogen-bond donors (Lipinski definition) is 0. The van der Waals surface area contributed by atoms with Crippen LogP contribution in [0.3, 0.4) is 0 Å². The van der Waals surface area contributed by atoms with Crippen molar-refractivity contribution in [3.8, 4) is 11.1 Å². The summed E-state index contributed by atoms with van der Waals surface area (Å²) >= 11 is 0. The smallest absolute Gasteiger partial charge is 0.414 e. The fourth-order valence-electron chi connectivity index (χ4n) is 6.94. The highest BCUT2D eigenvalue weighted by Crippen LogP contribution is 2.47. The standard InChI is InChI=1S/C40H28BF2N5/c42-41(43)47-36-25-23-30(29-13-4-1-5-14-29)27-31(36)24-26-39(47)44-40-46(37-21-10-11-22-38(37)48(40)41)35-20-12-19-34(28-35)45(32-15-6-2-7-16-32)33-17-8-3-9-18-33/h1-28H. The van der Waals surface area contributed by atoms with Crippen molar-refractivity contribution in [2.24, 2.45) is 4.99 Å². The molecule has 0 atom stereocenters. The molecule has 230 valence electrons. The van der Waals surface area contributed by atoms with Crippen LogP contribution in [0.15, 0.2) is 175 Å². The topological polar surface area (TPSA) is 26.0 Å². The van der Waals surface area contributed by atoms with E-state index in [4.69, 9.17) is 4.99 Å². The molecular formula is C40H28BF2N5. The lowest BCUT2D eigenvalue weighted by molar-refractivity contribution is -0.524. The van der Waals surface area contributed by atoms with E-state index < -0.39 is 6.97 Å². The number of benzene rings is 6. The molecule has 0 aliphatic carbocycles. The zero-order valence-corrected chi connectivity index (χ0v) is 25.7. The van der Waals surface area contributed by atoms with E-state index in [2.05, 4.69) is 29.2 Å². The van der Waals surface area contributed by atoms with Crippen LogP contribution in [0.2, 0.25) is 0 Å². The summed E-state index contributed by atoms with van der Waals surface area (Å²) in [5.41, 5.74) is 7.08. The maximum absolute atomic E-state index is 17.2. The minimum absolute atomic E-state index is 0.171. The summed E-state index contributed by atoms with van der Waals surface area (Å²) in [4.78, 5) is 10.1. The van der Waals surface area contributed by atoms with E-state index in [1.165, 1.54) is 0 Å². The predicted octanol–water partition coefficient (Wildman–Crippen LogP) is 10.1. The van der Waals surface area contributed by atoms with E-state index in [9.17, 15) is 0 Å². The van der Waals surface area contributed by atoms with Crippen molar-refractivity contribution < 1.29 is 13.1 Å². The van der Waals surface area contributed by atoms with Gasteiger partial charge in [-0.2, -0.15) is 0 Å². The predicted molar refractivity (Wildman–Crippen MR) is 192 cm³/mol. The average Bonchev–Trinajstić information content (AvgIpc) is 3.48. The second-order valence-corrected chi connectivity index (χ2v) is 11.9. The van der Waals surface area contributed by atoms with E-state index in [1.54, 1.807) is 24.3 Å². The normalized spacial score (nSPS) is 14.2. The quantitative estimate of drug-likeness (QED) is 0.178. The highest BCUT2D eigenvalue weighted by Gasteiger charge is 2.56. The maximum Gasteiger partial charge on any atom is 0.643 e. The Balaban J connectivity index is 1.20. The lowest BCUT2D eigenvalue weighted by Crippen LogP contribution is -2.73. The number of aliphatic imine (C=N–C) groups is 1. The summed E-state index contributed by atoms with van der Waals surface area (Å²) in [6.45, 7) is -4.33. The molecule has 0 spiro atoms. The van der Waals surface area contributed by atoms with Gasteiger partial charge in [0.15, 0.2) is 0 Å². The molecule has 1 aromatic heterocycles. The van der Waals surface area contributed by atoms with Gasteiger partial charge in [0.25, 0.3) is 11.8 Å². The van der Waals surface area contributed by atoms with Gasteiger partial charge in [0.2, 0.25) is 0 Å². The first-order chi connectivity index (χ1) is 23.6. The van der Waals surface area contributed by atoms with Gasteiger partial charge < -0.3 is 22.8 Å². The summed E-state index contributed by atoms with van der Waals surface area (Å²) in [5, 5.41) is 0.722. The van der Waals surface area contributed by atoms with Crippen molar-refractivity contribution in [3.05, 3.63) is 170 Å². The molecule has 5 nitrogen and oxygen atoms in total. The van der Waals surface area contributed by atoms with Gasteiger partial charge in [0, 0.05) is 34.2 Å². The fourth-order valence-corrected chi connectivity index (χ4v) is 6.94. The first-order valence-electron chi connectivity index (χ1n) is 15.9. The van der Waals surface area contributed by atoms with Crippen LogP contribution in [0.25, 0.3) is 22.0 Å². The monoisotopic (exact) mass is 627 g/mol. The molecule has 0 saturated carbocycles. The molecule has 2 aliphatic heterocycles. The molecule has 2 aliphatic rings. The Hall–Kier alpha value is -6.28. The van der Waals surface area contributed by atoms with Crippen molar-refractivity contribution in [1.82, 2.24) is 0 Å². The number of rotatable bonds is 5. The third-order valence-corrected chi connectivity index (χ3v) is 9.06. The Kier molecular flexibility index (Phi) is 6.37. The van der Waals surface area contributed by atoms with Gasteiger partial charge in [-0.3, -0.25) is 4.90 Å². The van der Waals surface area contributed by atoms with Crippen molar-refractivity contribution >= 4 is 63.8 Å². The van der Waals surface area contributed by atoms with Gasteiger partial charge in [-0.15, -0.1) is 0 Å². The summed E-state index contributed by atoms with van der Waals surface area (Å²) in [6.07, 6.45) is 0. The number of halogens is 2. The second kappa shape index (κ2) is 10.9. The van der Waals surface area contributed by atoms with E-state index in [0.717, 1.165) is 48.6 Å². The van der Waals surface area contributed by atoms with E-state index in [-0.39, 0.29) is 11.8 Å². The van der Waals surface area contributed by atoms with Gasteiger partial charge in [0.1, 0.15) is 0 Å². The molecule has 8 heteroatoms. The number of anilines is 6. The Morgan fingerprint density at radius 3 is 1.88 bits per heavy atom. The van der Waals surface area contributed by atoms with Crippen molar-refractivity contribution in [3.63, 3.8) is 0 Å². The van der Waals surface area contributed by atoms with Crippen LogP contribution < -0.4 is 19.1 Å². The van der Waals surface area contributed by atoms with Crippen molar-refractivity contribution in [1.29, 1.82) is 0 Å². The van der Waals surface area contributed by atoms with Gasteiger partial charge in [-0.25, -0.2) is 0 Å². The summed E-state index contributed by atoms with van der Waals surface area (Å²) in [6, 6.07) is 54.7. The summed E-state index contributed by atoms with van der Waals surface area (Å²) in [5.74, 6) is 0.375. The van der Waals surface area contributed by atoms with Crippen LogP contribution in [0, 0.1) is 0 Å². The number of guanidine groups is 1. The van der Waals surface area contributed by atoms with Crippen LogP contribution >= 0.6 is 0 Å². The maximum atomic E-state index is 17.2. The molecule has 6 aromatic carbocycles. The van der Waals surface area contributed by atoms with Gasteiger partial charge in [-0.05, 0) is 88.9 Å². The molecule has 7 aromatic rings. The van der Waals surface area contributed by atoms with Crippen molar-refractivity contribution in [2.45, 2.75) is 0 Å². The summed E-state index contributed by atoms with van der Waals surface area (Å²) < 4.78 is 35.4. The van der Waals surface area contributed by atoms with Crippen molar-refractivity contribution in [2.75, 3.05) is 14.6 Å². The number of fused-ring (bicyclic) bond motifs is 6. The highest BCUT2D eigenvalue weighted by molar-refractivity contribution is 6.70. The number of aromatic nitrogens is 1. The van der Waals surface area contributed by atoms with E-state index >= 15 is 8.63 Å². The Labute approximate surface area is 276 Å². The van der Waals surface area contributed by atoms with Crippen LogP contribution in [-0.2, 0) is 0 Å². The van der Waals surface area contributed by atoms with Crippen LogP contribution in [0.4, 0.5) is 48.6 Å². The van der Waals surface area contributed by atoms with Gasteiger partial charge in [-0.1, -0.05) is 91.0 Å². The Bertz CT molecular complexity index is 2310. The molecule has 3 heterocycles. The highest BCUT2D eigenvalue weighted by atomic mass is 19.2. The lowest BCUT2D eigenvalue weighted by atomic mass is 9.89. The molecule has 0 amide bonds. The second-order valence-electron chi connectivity index (χ2n) is 11.9. The number of nitrogens with zero attached hydrogens (tertiary/aromatic N) is 5. The van der Waals surface area contributed by atoms with Crippen LogP contribution in [0.1, 0.15) is 0 Å². The molecule has 0 unspecified atom stereocenters. The molecule has 0 N–H and O–H groups in total. The number of para-hydroxylation sites is 4. The summed E-state index contributed by atoms with van der Waals surface area (Å²) in [7, 11) is 0. The Morgan fingerprint density at radius 2 is 1.17 bits per heavy atom. The van der Waals surface area contributed by atoms with E-state index in [1.807, 2.05) is 126 Å². The number of pyridine rings is 1. The molecule has 48 heavy (non-hydrogen) atoms. The Morgan fingerprint density at radius 1 is 0.542 bits per heavy atom. The minimum atomic E-state index is -4.33. The third-order valence-electron chi connectivity index (χ3n) is 9.06. The largest absolute Gasteiger partial charge is 0.643 e. The first-order valence-corrected chi connectivity index (χ1v) is 15.9. The third kappa shape index (κ3) is 4.37. The zero-order valence-electron chi connectivity index (χ0n) is 25.7.